The third kappa shape index (κ3) is 4.57. The molecule has 0 aliphatic rings. The molecule has 0 radical (unpaired) electrons. The van der Waals surface area contributed by atoms with Gasteiger partial charge >= 0.3 is 0 Å². The Morgan fingerprint density at radius 1 is 1.21 bits per heavy atom. The number of sulfonamides is 1. The van der Waals surface area contributed by atoms with Crippen molar-refractivity contribution in [2.45, 2.75) is 25.3 Å². The molecule has 6 nitrogen and oxygen atoms in total. The zero-order valence-corrected chi connectivity index (χ0v) is 17.7. The number of pyridine rings is 1. The summed E-state index contributed by atoms with van der Waals surface area (Å²) in [6.45, 7) is 4.74. The first-order chi connectivity index (χ1) is 13.3. The van der Waals surface area contributed by atoms with Crippen LogP contribution in [-0.4, -0.2) is 37.2 Å². The lowest BCUT2D eigenvalue weighted by molar-refractivity contribution is 0.0955. The van der Waals surface area contributed by atoms with E-state index < -0.39 is 10.0 Å². The van der Waals surface area contributed by atoms with Gasteiger partial charge in [-0.05, 0) is 41.1 Å². The van der Waals surface area contributed by atoms with Crippen LogP contribution in [0, 0.1) is 5.92 Å². The number of hydrogen-bond donors (Lipinski definition) is 1. The van der Waals surface area contributed by atoms with Gasteiger partial charge in [0.2, 0.25) is 10.0 Å². The lowest BCUT2D eigenvalue weighted by Gasteiger charge is -2.19. The van der Waals surface area contributed by atoms with Crippen LogP contribution in [-0.2, 0) is 16.6 Å². The average Bonchev–Trinajstić information content (AvgIpc) is 3.10. The van der Waals surface area contributed by atoms with Gasteiger partial charge in [0, 0.05) is 32.5 Å². The summed E-state index contributed by atoms with van der Waals surface area (Å²) in [5, 5.41) is 3.87. The van der Waals surface area contributed by atoms with Gasteiger partial charge in [0.1, 0.15) is 0 Å². The van der Waals surface area contributed by atoms with Crippen molar-refractivity contribution in [1.29, 1.82) is 0 Å². The summed E-state index contributed by atoms with van der Waals surface area (Å²) in [6, 6.07) is 10.3. The summed E-state index contributed by atoms with van der Waals surface area (Å²) in [4.78, 5) is 17.3. The Morgan fingerprint density at radius 2 is 1.93 bits per heavy atom. The SMILES string of the molecule is CC(C)CN(C)S(=O)(=O)c1ccc(CNC(=O)c2cc3ccncc3s2)cc1. The van der Waals surface area contributed by atoms with Crippen molar-refractivity contribution in [3.8, 4) is 0 Å². The summed E-state index contributed by atoms with van der Waals surface area (Å²) in [7, 11) is -1.91. The lowest BCUT2D eigenvalue weighted by atomic mass is 10.2. The maximum absolute atomic E-state index is 12.6. The number of rotatable bonds is 7. The molecular formula is C20H23N3O3S2. The fourth-order valence-corrected chi connectivity index (χ4v) is 5.12. The molecule has 2 aromatic heterocycles. The average molecular weight is 418 g/mol. The molecule has 0 fully saturated rings. The van der Waals surface area contributed by atoms with E-state index in [9.17, 15) is 13.2 Å². The number of hydrogen-bond acceptors (Lipinski definition) is 5. The van der Waals surface area contributed by atoms with Crippen molar-refractivity contribution in [2.75, 3.05) is 13.6 Å². The van der Waals surface area contributed by atoms with Gasteiger partial charge in [-0.3, -0.25) is 9.78 Å². The molecule has 0 spiro atoms. The number of carbonyl (C=O) groups excluding carboxylic acids is 1. The number of benzene rings is 1. The lowest BCUT2D eigenvalue weighted by Crippen LogP contribution is -2.30. The topological polar surface area (TPSA) is 79.4 Å². The van der Waals surface area contributed by atoms with Crippen LogP contribution in [0.25, 0.3) is 10.1 Å². The number of thiophene rings is 1. The predicted octanol–water partition coefficient (Wildman–Crippen LogP) is 3.50. The van der Waals surface area contributed by atoms with Crippen LogP contribution in [0.4, 0.5) is 0 Å². The molecule has 148 valence electrons. The maximum atomic E-state index is 12.6. The van der Waals surface area contributed by atoms with E-state index in [-0.39, 0.29) is 16.7 Å². The van der Waals surface area contributed by atoms with Crippen molar-refractivity contribution >= 4 is 37.4 Å². The Bertz CT molecular complexity index is 1040. The predicted molar refractivity (Wildman–Crippen MR) is 112 cm³/mol. The minimum absolute atomic E-state index is 0.158. The normalized spacial score (nSPS) is 12.0. The van der Waals surface area contributed by atoms with E-state index in [0.717, 1.165) is 15.6 Å². The van der Waals surface area contributed by atoms with Crippen LogP contribution < -0.4 is 5.32 Å². The van der Waals surface area contributed by atoms with Crippen molar-refractivity contribution in [3.05, 3.63) is 59.2 Å². The Hall–Kier alpha value is -2.29. The summed E-state index contributed by atoms with van der Waals surface area (Å²) in [5.41, 5.74) is 0.835. The van der Waals surface area contributed by atoms with Crippen molar-refractivity contribution in [1.82, 2.24) is 14.6 Å². The summed E-state index contributed by atoms with van der Waals surface area (Å²) in [5.74, 6) is 0.0912. The molecule has 2 heterocycles. The molecule has 1 aromatic carbocycles. The third-order valence-corrected chi connectivity index (χ3v) is 7.18. The summed E-state index contributed by atoms with van der Waals surface area (Å²) in [6.07, 6.45) is 3.44. The molecular weight excluding hydrogens is 394 g/mol. The fourth-order valence-electron chi connectivity index (χ4n) is 2.84. The molecule has 0 saturated heterocycles. The first kappa shape index (κ1) is 20.4. The molecule has 1 amide bonds. The minimum atomic E-state index is -3.50. The van der Waals surface area contributed by atoms with Crippen LogP contribution >= 0.6 is 11.3 Å². The van der Waals surface area contributed by atoms with Gasteiger partial charge in [0.25, 0.3) is 5.91 Å². The van der Waals surface area contributed by atoms with Crippen LogP contribution in [0.5, 0.6) is 0 Å². The highest BCUT2D eigenvalue weighted by molar-refractivity contribution is 7.89. The van der Waals surface area contributed by atoms with Crippen LogP contribution in [0.1, 0.15) is 29.1 Å². The first-order valence-corrected chi connectivity index (χ1v) is 11.2. The van der Waals surface area contributed by atoms with Crippen molar-refractivity contribution in [2.24, 2.45) is 5.92 Å². The van der Waals surface area contributed by atoms with E-state index in [2.05, 4.69) is 10.3 Å². The van der Waals surface area contributed by atoms with Crippen LogP contribution in [0.3, 0.4) is 0 Å². The van der Waals surface area contributed by atoms with Gasteiger partial charge in [-0.25, -0.2) is 12.7 Å². The summed E-state index contributed by atoms with van der Waals surface area (Å²) < 4.78 is 27.5. The molecule has 1 N–H and O–H groups in total. The Labute approximate surface area is 169 Å². The van der Waals surface area contributed by atoms with Gasteiger partial charge in [-0.2, -0.15) is 0 Å². The first-order valence-electron chi connectivity index (χ1n) is 8.94. The number of nitrogens with one attached hydrogen (secondary N) is 1. The van der Waals surface area contributed by atoms with Crippen LogP contribution in [0.15, 0.2) is 53.7 Å². The van der Waals surface area contributed by atoms with Crippen LogP contribution in [0.2, 0.25) is 0 Å². The molecule has 8 heteroatoms. The number of nitrogens with zero attached hydrogens (tertiary/aromatic N) is 2. The second-order valence-corrected chi connectivity index (χ2v) is 10.2. The number of amides is 1. The highest BCUT2D eigenvalue weighted by Gasteiger charge is 2.21. The van der Waals surface area contributed by atoms with Crippen molar-refractivity contribution < 1.29 is 13.2 Å². The Morgan fingerprint density at radius 3 is 2.57 bits per heavy atom. The van der Waals surface area contributed by atoms with E-state index in [4.69, 9.17) is 0 Å². The highest BCUT2D eigenvalue weighted by Crippen LogP contribution is 2.24. The minimum Gasteiger partial charge on any atom is -0.347 e. The van der Waals surface area contributed by atoms with E-state index in [1.807, 2.05) is 26.0 Å². The fraction of sp³-hybridized carbons (Fsp3) is 0.300. The largest absolute Gasteiger partial charge is 0.347 e. The number of aromatic nitrogens is 1. The quantitative estimate of drug-likeness (QED) is 0.638. The second kappa shape index (κ2) is 8.38. The maximum Gasteiger partial charge on any atom is 0.261 e. The molecule has 3 rings (SSSR count). The van der Waals surface area contributed by atoms with Gasteiger partial charge in [0.15, 0.2) is 0 Å². The van der Waals surface area contributed by atoms with Gasteiger partial charge < -0.3 is 5.32 Å². The van der Waals surface area contributed by atoms with E-state index in [1.54, 1.807) is 43.7 Å². The monoisotopic (exact) mass is 417 g/mol. The number of fused-ring (bicyclic) bond motifs is 1. The standard InChI is InChI=1S/C20H23N3O3S2/c1-14(2)13-23(3)28(25,26)17-6-4-15(5-7-17)11-22-20(24)18-10-16-8-9-21-12-19(16)27-18/h4-10,12,14H,11,13H2,1-3H3,(H,22,24). The zero-order valence-electron chi connectivity index (χ0n) is 16.0. The van der Waals surface area contributed by atoms with E-state index >= 15 is 0 Å². The number of carbonyl (C=O) groups is 1. The molecule has 0 unspecified atom stereocenters. The molecule has 3 aromatic rings. The second-order valence-electron chi connectivity index (χ2n) is 7.03. The Balaban J connectivity index is 1.65. The molecule has 28 heavy (non-hydrogen) atoms. The van der Waals surface area contributed by atoms with Gasteiger partial charge in [-0.15, -0.1) is 11.3 Å². The highest BCUT2D eigenvalue weighted by atomic mass is 32.2. The van der Waals surface area contributed by atoms with Gasteiger partial charge in [0.05, 0.1) is 14.5 Å². The van der Waals surface area contributed by atoms with Gasteiger partial charge in [-0.1, -0.05) is 26.0 Å². The smallest absolute Gasteiger partial charge is 0.261 e. The zero-order chi connectivity index (χ0) is 20.3. The molecule has 0 atom stereocenters. The van der Waals surface area contributed by atoms with Crippen molar-refractivity contribution in [3.63, 3.8) is 0 Å². The molecule has 0 aliphatic heterocycles. The molecule has 0 bridgehead atoms. The summed E-state index contributed by atoms with van der Waals surface area (Å²) >= 11 is 1.39. The molecule has 0 saturated carbocycles. The Kier molecular flexibility index (Phi) is 6.12. The van der Waals surface area contributed by atoms with E-state index in [1.165, 1.54) is 15.6 Å². The third-order valence-electron chi connectivity index (χ3n) is 4.25. The van der Waals surface area contributed by atoms with E-state index in [0.29, 0.717) is 18.0 Å². The molecule has 0 aliphatic carbocycles.